The molecule has 41 heavy (non-hydrogen) atoms. The topological polar surface area (TPSA) is 107 Å². The Labute approximate surface area is 241 Å². The van der Waals surface area contributed by atoms with Crippen LogP contribution in [0.5, 0.6) is 0 Å². The van der Waals surface area contributed by atoms with Crippen molar-refractivity contribution in [1.29, 1.82) is 0 Å². The Hall–Kier alpha value is -4.70. The molecule has 10 nitrogen and oxygen atoms in total. The number of rotatable bonds is 11. The Balaban J connectivity index is 1.77. The van der Waals surface area contributed by atoms with Crippen LogP contribution >= 0.6 is 0 Å². The van der Waals surface area contributed by atoms with Crippen molar-refractivity contribution in [1.82, 2.24) is 19.4 Å². The van der Waals surface area contributed by atoms with Gasteiger partial charge < -0.3 is 30.3 Å². The van der Waals surface area contributed by atoms with Gasteiger partial charge in [0.1, 0.15) is 5.69 Å². The van der Waals surface area contributed by atoms with Gasteiger partial charge in [-0.05, 0) is 50.9 Å². The highest BCUT2D eigenvalue weighted by atomic mass is 16.2. The van der Waals surface area contributed by atoms with Gasteiger partial charge >= 0.3 is 0 Å². The Bertz CT molecular complexity index is 1590. The molecule has 10 heteroatoms. The molecule has 0 unspecified atom stereocenters. The summed E-state index contributed by atoms with van der Waals surface area (Å²) in [6.45, 7) is 9.02. The van der Waals surface area contributed by atoms with Gasteiger partial charge in [0, 0.05) is 62.0 Å². The van der Waals surface area contributed by atoms with Crippen LogP contribution in [0.3, 0.4) is 0 Å². The van der Waals surface area contributed by atoms with E-state index in [2.05, 4.69) is 37.3 Å². The SMILES string of the molecule is C=CC(=O)Nc1cc(Nc2ncc(NC(=O)CC)c(-c3cn(C)c4ccccc34)n2)c(C)cc1N(C)CCN(C)C. The summed E-state index contributed by atoms with van der Waals surface area (Å²) < 4.78 is 2.04. The van der Waals surface area contributed by atoms with Gasteiger partial charge in [-0.3, -0.25) is 9.59 Å². The van der Waals surface area contributed by atoms with Crippen molar-refractivity contribution in [3.05, 3.63) is 67.0 Å². The van der Waals surface area contributed by atoms with Crippen molar-refractivity contribution in [2.45, 2.75) is 20.3 Å². The number of carbonyl (C=O) groups excluding carboxylic acids is 2. The van der Waals surface area contributed by atoms with Crippen LogP contribution < -0.4 is 20.9 Å². The Morgan fingerprint density at radius 1 is 1.05 bits per heavy atom. The summed E-state index contributed by atoms with van der Waals surface area (Å²) >= 11 is 0. The zero-order valence-corrected chi connectivity index (χ0v) is 24.6. The second-order valence-electron chi connectivity index (χ2n) is 10.3. The van der Waals surface area contributed by atoms with E-state index in [9.17, 15) is 9.59 Å². The second-order valence-corrected chi connectivity index (χ2v) is 10.3. The standard InChI is InChI=1S/C31H38N8O2/c1-8-28(40)33-24-17-23(20(3)16-27(24)38(6)15-14-37(4)5)35-31-32-18-25(34-29(41)9-2)30(36-31)22-19-39(7)26-13-11-10-12-21(22)26/h8,10-13,16-19H,1,9,14-15H2,2-7H3,(H,33,40)(H,34,41)(H,32,35,36). The van der Waals surface area contributed by atoms with Crippen molar-refractivity contribution in [3.63, 3.8) is 0 Å². The van der Waals surface area contributed by atoms with E-state index in [1.807, 2.05) is 82.3 Å². The van der Waals surface area contributed by atoms with Crippen molar-refractivity contribution in [2.75, 3.05) is 55.1 Å². The fourth-order valence-corrected chi connectivity index (χ4v) is 4.53. The number of aryl methyl sites for hydroxylation is 2. The molecule has 0 aliphatic heterocycles. The van der Waals surface area contributed by atoms with Crippen LogP contribution in [0.15, 0.2) is 61.4 Å². The fourth-order valence-electron chi connectivity index (χ4n) is 4.53. The minimum absolute atomic E-state index is 0.122. The van der Waals surface area contributed by atoms with E-state index >= 15 is 0 Å². The Kier molecular flexibility index (Phi) is 9.04. The third kappa shape index (κ3) is 6.72. The molecule has 2 aromatic carbocycles. The molecule has 4 aromatic rings. The first-order valence-electron chi connectivity index (χ1n) is 13.5. The number of fused-ring (bicyclic) bond motifs is 1. The van der Waals surface area contributed by atoms with Crippen LogP contribution in [-0.4, -0.2) is 65.5 Å². The molecule has 214 valence electrons. The maximum Gasteiger partial charge on any atom is 0.247 e. The first kappa shape index (κ1) is 29.3. The van der Waals surface area contributed by atoms with Gasteiger partial charge in [-0.2, -0.15) is 0 Å². The van der Waals surface area contributed by atoms with Crippen LogP contribution in [0.1, 0.15) is 18.9 Å². The molecule has 0 aliphatic carbocycles. The smallest absolute Gasteiger partial charge is 0.247 e. The molecule has 4 rings (SSSR count). The van der Waals surface area contributed by atoms with Crippen molar-refractivity contribution in [3.8, 4) is 11.3 Å². The zero-order chi connectivity index (χ0) is 29.7. The number of anilines is 5. The Morgan fingerprint density at radius 3 is 2.51 bits per heavy atom. The molecule has 0 saturated carbocycles. The van der Waals surface area contributed by atoms with Crippen molar-refractivity contribution < 1.29 is 9.59 Å². The van der Waals surface area contributed by atoms with Gasteiger partial charge in [0.15, 0.2) is 0 Å². The quantitative estimate of drug-likeness (QED) is 0.220. The number of hydrogen-bond acceptors (Lipinski definition) is 7. The molecular weight excluding hydrogens is 516 g/mol. The van der Waals surface area contributed by atoms with Crippen molar-refractivity contribution in [2.24, 2.45) is 7.05 Å². The summed E-state index contributed by atoms with van der Waals surface area (Å²) in [7, 11) is 8.03. The minimum Gasteiger partial charge on any atom is -0.372 e. The van der Waals surface area contributed by atoms with Crippen LogP contribution in [0, 0.1) is 6.92 Å². The summed E-state index contributed by atoms with van der Waals surface area (Å²) in [5.41, 5.74) is 6.30. The number of carbonyl (C=O) groups is 2. The van der Waals surface area contributed by atoms with E-state index in [1.165, 1.54) is 6.08 Å². The van der Waals surface area contributed by atoms with Crippen LogP contribution in [0.2, 0.25) is 0 Å². The van der Waals surface area contributed by atoms with E-state index in [1.54, 1.807) is 13.1 Å². The average molecular weight is 555 g/mol. The first-order valence-corrected chi connectivity index (χ1v) is 13.5. The number of aromatic nitrogens is 3. The van der Waals surface area contributed by atoms with Gasteiger partial charge in [0.2, 0.25) is 17.8 Å². The maximum atomic E-state index is 12.3. The van der Waals surface area contributed by atoms with Gasteiger partial charge in [0.25, 0.3) is 0 Å². The number of nitrogens with zero attached hydrogens (tertiary/aromatic N) is 5. The lowest BCUT2D eigenvalue weighted by Crippen LogP contribution is -2.29. The molecule has 3 N–H and O–H groups in total. The predicted molar refractivity (Wildman–Crippen MR) is 168 cm³/mol. The lowest BCUT2D eigenvalue weighted by molar-refractivity contribution is -0.116. The third-order valence-corrected chi connectivity index (χ3v) is 6.86. The number of para-hydroxylation sites is 1. The molecule has 0 bridgehead atoms. The van der Waals surface area contributed by atoms with Gasteiger partial charge in [0.05, 0.1) is 23.3 Å². The van der Waals surface area contributed by atoms with Gasteiger partial charge in [-0.1, -0.05) is 31.7 Å². The maximum absolute atomic E-state index is 12.3. The summed E-state index contributed by atoms with van der Waals surface area (Å²) in [6, 6.07) is 12.0. The molecule has 0 radical (unpaired) electrons. The highest BCUT2D eigenvalue weighted by molar-refractivity contribution is 6.03. The number of hydrogen-bond donors (Lipinski definition) is 3. The monoisotopic (exact) mass is 554 g/mol. The molecule has 0 atom stereocenters. The number of amides is 2. The molecule has 0 saturated heterocycles. The van der Waals surface area contributed by atoms with Gasteiger partial charge in [-0.15, -0.1) is 0 Å². The lowest BCUT2D eigenvalue weighted by Gasteiger charge is -2.25. The third-order valence-electron chi connectivity index (χ3n) is 6.86. The van der Waals surface area contributed by atoms with E-state index in [4.69, 9.17) is 4.98 Å². The lowest BCUT2D eigenvalue weighted by atomic mass is 10.1. The largest absolute Gasteiger partial charge is 0.372 e. The molecule has 2 heterocycles. The van der Waals surface area contributed by atoms with E-state index in [0.29, 0.717) is 29.4 Å². The Morgan fingerprint density at radius 2 is 1.80 bits per heavy atom. The first-order chi connectivity index (χ1) is 19.6. The van der Waals surface area contributed by atoms with Gasteiger partial charge in [-0.25, -0.2) is 9.97 Å². The fraction of sp³-hybridized carbons (Fsp3) is 0.290. The van der Waals surface area contributed by atoms with E-state index in [0.717, 1.165) is 46.5 Å². The summed E-state index contributed by atoms with van der Waals surface area (Å²) in [5, 5.41) is 10.2. The number of likely N-dealkylation sites (N-methyl/N-ethyl adjacent to an activating group) is 2. The molecular formula is C31H38N8O2. The normalized spacial score (nSPS) is 11.0. The minimum atomic E-state index is -0.299. The molecule has 2 amide bonds. The zero-order valence-electron chi connectivity index (χ0n) is 24.6. The number of nitrogens with one attached hydrogen (secondary N) is 3. The predicted octanol–water partition coefficient (Wildman–Crippen LogP) is 5.16. The molecule has 0 fully saturated rings. The summed E-state index contributed by atoms with van der Waals surface area (Å²) in [4.78, 5) is 38.3. The second kappa shape index (κ2) is 12.6. The number of benzene rings is 2. The summed E-state index contributed by atoms with van der Waals surface area (Å²) in [6.07, 6.45) is 5.21. The van der Waals surface area contributed by atoms with Crippen LogP contribution in [-0.2, 0) is 16.6 Å². The van der Waals surface area contributed by atoms with Crippen LogP contribution in [0.4, 0.5) is 28.7 Å². The van der Waals surface area contributed by atoms with Crippen LogP contribution in [0.25, 0.3) is 22.2 Å². The molecule has 0 aliphatic rings. The van der Waals surface area contributed by atoms with E-state index in [-0.39, 0.29) is 11.8 Å². The van der Waals surface area contributed by atoms with E-state index < -0.39 is 0 Å². The molecule has 0 spiro atoms. The highest BCUT2D eigenvalue weighted by Gasteiger charge is 2.18. The van der Waals surface area contributed by atoms with Crippen molar-refractivity contribution >= 4 is 51.4 Å². The molecule has 2 aromatic heterocycles. The summed E-state index contributed by atoms with van der Waals surface area (Å²) in [5.74, 6) is -0.0592. The highest BCUT2D eigenvalue weighted by Crippen LogP contribution is 2.36. The average Bonchev–Trinajstić information content (AvgIpc) is 3.29.